The van der Waals surface area contributed by atoms with Crippen LogP contribution >= 0.6 is 12.2 Å². The summed E-state index contributed by atoms with van der Waals surface area (Å²) in [5, 5.41) is 0.379. The smallest absolute Gasteiger partial charge is 0.308 e. The van der Waals surface area contributed by atoms with Crippen LogP contribution in [0.5, 0.6) is 11.5 Å². The molecule has 0 aliphatic heterocycles. The van der Waals surface area contributed by atoms with Crippen molar-refractivity contribution in [2.45, 2.75) is 13.8 Å². The molecule has 1 rings (SSSR count). The normalized spacial score (nSPS) is 9.29. The number of thiocarbonyl (C=S) groups is 1. The van der Waals surface area contributed by atoms with E-state index in [4.69, 9.17) is 21.7 Å². The number of para-hydroxylation sites is 2. The molecule has 0 aliphatic carbocycles. The van der Waals surface area contributed by atoms with Gasteiger partial charge >= 0.3 is 5.97 Å². The van der Waals surface area contributed by atoms with E-state index in [0.29, 0.717) is 16.5 Å². The zero-order valence-electron chi connectivity index (χ0n) is 7.94. The van der Waals surface area contributed by atoms with E-state index < -0.39 is 0 Å². The average molecular weight is 210 g/mol. The van der Waals surface area contributed by atoms with E-state index in [1.54, 1.807) is 31.2 Å². The van der Waals surface area contributed by atoms with Crippen molar-refractivity contribution in [2.75, 3.05) is 0 Å². The van der Waals surface area contributed by atoms with Crippen molar-refractivity contribution in [3.8, 4) is 11.5 Å². The molecule has 14 heavy (non-hydrogen) atoms. The first-order valence-electron chi connectivity index (χ1n) is 4.05. The van der Waals surface area contributed by atoms with E-state index in [-0.39, 0.29) is 5.97 Å². The Balaban J connectivity index is 2.90. The van der Waals surface area contributed by atoms with Crippen LogP contribution in [0.3, 0.4) is 0 Å². The van der Waals surface area contributed by atoms with E-state index in [1.165, 1.54) is 6.92 Å². The summed E-state index contributed by atoms with van der Waals surface area (Å²) in [6.07, 6.45) is 0. The molecule has 0 aromatic heterocycles. The highest BCUT2D eigenvalue weighted by Crippen LogP contribution is 2.26. The van der Waals surface area contributed by atoms with Crippen molar-refractivity contribution >= 4 is 23.2 Å². The van der Waals surface area contributed by atoms with Gasteiger partial charge in [-0.3, -0.25) is 4.79 Å². The fourth-order valence-corrected chi connectivity index (χ4v) is 1.02. The fraction of sp³-hybridized carbons (Fsp3) is 0.200. The maximum atomic E-state index is 10.7. The number of benzene rings is 1. The average Bonchev–Trinajstić information content (AvgIpc) is 2.06. The summed E-state index contributed by atoms with van der Waals surface area (Å²) in [5.74, 6) is 0.447. The van der Waals surface area contributed by atoms with Gasteiger partial charge in [-0.15, -0.1) is 0 Å². The molecule has 3 nitrogen and oxygen atoms in total. The second-order valence-electron chi connectivity index (χ2n) is 2.63. The molecule has 0 radical (unpaired) electrons. The third-order valence-corrected chi connectivity index (χ3v) is 1.44. The molecule has 74 valence electrons. The van der Waals surface area contributed by atoms with Crippen LogP contribution in [-0.4, -0.2) is 11.0 Å². The lowest BCUT2D eigenvalue weighted by Crippen LogP contribution is -2.05. The maximum absolute atomic E-state index is 10.7. The minimum absolute atomic E-state index is 0.379. The Kier molecular flexibility index (Phi) is 3.59. The van der Waals surface area contributed by atoms with Crippen LogP contribution in [0.1, 0.15) is 13.8 Å². The van der Waals surface area contributed by atoms with Crippen molar-refractivity contribution in [3.05, 3.63) is 24.3 Å². The minimum Gasteiger partial charge on any atom is -0.447 e. The number of carbonyl (C=O) groups is 1. The molecule has 1 aromatic carbocycles. The summed E-state index contributed by atoms with van der Waals surface area (Å²) < 4.78 is 10.1. The van der Waals surface area contributed by atoms with E-state index in [0.717, 1.165) is 0 Å². The van der Waals surface area contributed by atoms with Crippen LogP contribution in [0, 0.1) is 0 Å². The summed E-state index contributed by atoms with van der Waals surface area (Å²) in [6.45, 7) is 2.99. The van der Waals surface area contributed by atoms with Crippen molar-refractivity contribution in [3.63, 3.8) is 0 Å². The van der Waals surface area contributed by atoms with Crippen LogP contribution in [0.25, 0.3) is 0 Å². The first-order valence-corrected chi connectivity index (χ1v) is 4.46. The van der Waals surface area contributed by atoms with E-state index in [1.807, 2.05) is 0 Å². The molecule has 0 aliphatic rings. The van der Waals surface area contributed by atoms with Gasteiger partial charge in [-0.25, -0.2) is 0 Å². The Labute approximate surface area is 87.6 Å². The van der Waals surface area contributed by atoms with E-state index in [2.05, 4.69) is 0 Å². The molecule has 0 fully saturated rings. The first-order chi connectivity index (χ1) is 6.59. The van der Waals surface area contributed by atoms with E-state index >= 15 is 0 Å². The number of ether oxygens (including phenoxy) is 2. The quantitative estimate of drug-likeness (QED) is 0.426. The van der Waals surface area contributed by atoms with Gasteiger partial charge in [0.15, 0.2) is 16.5 Å². The molecule has 4 heteroatoms. The summed E-state index contributed by atoms with van der Waals surface area (Å²) >= 11 is 4.79. The van der Waals surface area contributed by atoms with Gasteiger partial charge in [0.2, 0.25) is 0 Å². The largest absolute Gasteiger partial charge is 0.447 e. The first kappa shape index (κ1) is 10.7. The number of hydrogen-bond acceptors (Lipinski definition) is 4. The van der Waals surface area contributed by atoms with Crippen molar-refractivity contribution in [1.82, 2.24) is 0 Å². The number of esters is 1. The van der Waals surface area contributed by atoms with Crippen LogP contribution in [0.2, 0.25) is 0 Å². The Morgan fingerprint density at radius 1 is 1.14 bits per heavy atom. The van der Waals surface area contributed by atoms with Gasteiger partial charge in [0, 0.05) is 13.8 Å². The topological polar surface area (TPSA) is 35.5 Å². The van der Waals surface area contributed by atoms with Gasteiger partial charge in [-0.05, 0) is 24.4 Å². The Hall–Kier alpha value is -1.42. The molecule has 0 saturated carbocycles. The SMILES string of the molecule is CC(=O)Oc1ccccc1OC(C)=S. The molecule has 0 atom stereocenters. The second-order valence-corrected chi connectivity index (χ2v) is 3.21. The summed E-state index contributed by atoms with van der Waals surface area (Å²) in [4.78, 5) is 10.7. The van der Waals surface area contributed by atoms with E-state index in [9.17, 15) is 4.79 Å². The van der Waals surface area contributed by atoms with Crippen molar-refractivity contribution in [2.24, 2.45) is 0 Å². The standard InChI is InChI=1S/C10H10O3S/c1-7(11)12-9-5-3-4-6-10(9)13-8(2)14/h3-6H,1-2H3. The van der Waals surface area contributed by atoms with Gasteiger partial charge in [-0.2, -0.15) is 0 Å². The lowest BCUT2D eigenvalue weighted by Gasteiger charge is -2.08. The van der Waals surface area contributed by atoms with Gasteiger partial charge in [0.1, 0.15) is 0 Å². The second kappa shape index (κ2) is 4.72. The molecule has 0 saturated heterocycles. The molecule has 0 spiro atoms. The lowest BCUT2D eigenvalue weighted by atomic mass is 10.3. The van der Waals surface area contributed by atoms with Gasteiger partial charge in [0.25, 0.3) is 0 Å². The molecule has 0 amide bonds. The lowest BCUT2D eigenvalue weighted by molar-refractivity contribution is -0.131. The molecular formula is C10H10O3S. The third-order valence-electron chi connectivity index (χ3n) is 1.36. The monoisotopic (exact) mass is 210 g/mol. The van der Waals surface area contributed by atoms with Crippen molar-refractivity contribution in [1.29, 1.82) is 0 Å². The predicted octanol–water partition coefficient (Wildman–Crippen LogP) is 2.34. The molecular weight excluding hydrogens is 200 g/mol. The van der Waals surface area contributed by atoms with Gasteiger partial charge < -0.3 is 9.47 Å². The highest BCUT2D eigenvalue weighted by molar-refractivity contribution is 7.80. The molecule has 0 unspecified atom stereocenters. The number of rotatable bonds is 2. The predicted molar refractivity (Wildman–Crippen MR) is 56.7 cm³/mol. The Bertz CT molecular complexity index is 325. The number of hydrogen-bond donors (Lipinski definition) is 0. The van der Waals surface area contributed by atoms with Crippen LogP contribution < -0.4 is 9.47 Å². The van der Waals surface area contributed by atoms with Crippen LogP contribution in [0.15, 0.2) is 24.3 Å². The minimum atomic E-state index is -0.386. The summed E-state index contributed by atoms with van der Waals surface area (Å²) in [6, 6.07) is 6.87. The summed E-state index contributed by atoms with van der Waals surface area (Å²) in [5.41, 5.74) is 0. The fourth-order valence-electron chi connectivity index (χ4n) is 0.928. The number of carbonyl (C=O) groups excluding carboxylic acids is 1. The van der Waals surface area contributed by atoms with Crippen molar-refractivity contribution < 1.29 is 14.3 Å². The Morgan fingerprint density at radius 2 is 1.64 bits per heavy atom. The molecule has 0 bridgehead atoms. The van der Waals surface area contributed by atoms with Gasteiger partial charge in [-0.1, -0.05) is 12.1 Å². The van der Waals surface area contributed by atoms with Gasteiger partial charge in [0.05, 0.1) is 0 Å². The molecule has 1 aromatic rings. The molecule has 0 N–H and O–H groups in total. The summed E-state index contributed by atoms with van der Waals surface area (Å²) in [7, 11) is 0. The Morgan fingerprint density at radius 3 is 2.07 bits per heavy atom. The van der Waals surface area contributed by atoms with Crippen LogP contribution in [-0.2, 0) is 4.79 Å². The van der Waals surface area contributed by atoms with Crippen LogP contribution in [0.4, 0.5) is 0 Å². The highest BCUT2D eigenvalue weighted by atomic mass is 32.1. The zero-order valence-corrected chi connectivity index (χ0v) is 8.76. The third kappa shape index (κ3) is 3.14. The maximum Gasteiger partial charge on any atom is 0.308 e. The molecule has 0 heterocycles. The highest BCUT2D eigenvalue weighted by Gasteiger charge is 2.06. The zero-order chi connectivity index (χ0) is 10.6.